The second-order valence-corrected chi connectivity index (χ2v) is 9.15. The zero-order valence-corrected chi connectivity index (χ0v) is 19.6. The smallest absolute Gasteiger partial charge is 0.251 e. The molecule has 168 valence electrons. The minimum Gasteiger partial charge on any atom is -0.493 e. The molecular formula is C23H35ClN2O4. The molecule has 30 heavy (non-hydrogen) atoms. The number of benzene rings is 1. The van der Waals surface area contributed by atoms with Gasteiger partial charge < -0.3 is 19.7 Å². The van der Waals surface area contributed by atoms with Crippen molar-refractivity contribution in [1.29, 1.82) is 0 Å². The number of hydrogen-bond donors (Lipinski definition) is 1. The molecule has 1 aliphatic rings. The topological polar surface area (TPSA) is 67.9 Å². The second-order valence-electron chi connectivity index (χ2n) is 8.75. The van der Waals surface area contributed by atoms with Crippen LogP contribution in [0.1, 0.15) is 63.7 Å². The summed E-state index contributed by atoms with van der Waals surface area (Å²) in [5.41, 5.74) is 0.436. The Hall–Kier alpha value is -1.95. The van der Waals surface area contributed by atoms with E-state index >= 15 is 0 Å². The fourth-order valence-corrected chi connectivity index (χ4v) is 3.67. The summed E-state index contributed by atoms with van der Waals surface area (Å²) in [6.45, 7) is 10.2. The highest BCUT2D eigenvalue weighted by molar-refractivity contribution is 6.32. The van der Waals surface area contributed by atoms with E-state index in [0.717, 1.165) is 19.3 Å². The third-order valence-electron chi connectivity index (χ3n) is 5.20. The van der Waals surface area contributed by atoms with Gasteiger partial charge in [-0.05, 0) is 43.2 Å². The molecule has 1 saturated heterocycles. The molecule has 1 aromatic rings. The van der Waals surface area contributed by atoms with Gasteiger partial charge in [0.2, 0.25) is 5.91 Å². The summed E-state index contributed by atoms with van der Waals surface area (Å²) < 4.78 is 11.2. The molecule has 0 saturated carbocycles. The Morgan fingerprint density at radius 3 is 2.40 bits per heavy atom. The van der Waals surface area contributed by atoms with Gasteiger partial charge in [-0.15, -0.1) is 0 Å². The van der Waals surface area contributed by atoms with Gasteiger partial charge in [-0.25, -0.2) is 0 Å². The summed E-state index contributed by atoms with van der Waals surface area (Å²) >= 11 is 6.38. The molecule has 0 aromatic heterocycles. The number of piperidine rings is 1. The van der Waals surface area contributed by atoms with Crippen molar-refractivity contribution in [3.05, 3.63) is 22.7 Å². The summed E-state index contributed by atoms with van der Waals surface area (Å²) in [5.74, 6) is 1.79. The van der Waals surface area contributed by atoms with E-state index in [1.54, 1.807) is 12.1 Å². The number of carbonyl (C=O) groups is 2. The van der Waals surface area contributed by atoms with Crippen molar-refractivity contribution >= 4 is 23.4 Å². The van der Waals surface area contributed by atoms with Crippen molar-refractivity contribution in [2.75, 3.05) is 26.8 Å². The highest BCUT2D eigenvalue weighted by Gasteiger charge is 2.25. The molecule has 1 N–H and O–H groups in total. The number of likely N-dealkylation sites (tertiary alicyclic amines) is 1. The lowest BCUT2D eigenvalue weighted by molar-refractivity contribution is -0.133. The van der Waals surface area contributed by atoms with Crippen LogP contribution in [0.15, 0.2) is 12.1 Å². The van der Waals surface area contributed by atoms with Gasteiger partial charge >= 0.3 is 0 Å². The number of rotatable bonds is 9. The Balaban J connectivity index is 1.95. The van der Waals surface area contributed by atoms with Crippen LogP contribution in [-0.4, -0.2) is 49.6 Å². The van der Waals surface area contributed by atoms with Crippen LogP contribution in [-0.2, 0) is 4.79 Å². The molecule has 0 atom stereocenters. The zero-order valence-electron chi connectivity index (χ0n) is 18.8. The second kappa shape index (κ2) is 11.4. The Morgan fingerprint density at radius 1 is 1.17 bits per heavy atom. The summed E-state index contributed by atoms with van der Waals surface area (Å²) in [5, 5.41) is 3.42. The first-order chi connectivity index (χ1) is 14.2. The highest BCUT2D eigenvalue weighted by atomic mass is 35.5. The van der Waals surface area contributed by atoms with E-state index in [1.165, 1.54) is 7.11 Å². The van der Waals surface area contributed by atoms with Crippen molar-refractivity contribution in [3.8, 4) is 11.5 Å². The number of halogens is 1. The van der Waals surface area contributed by atoms with E-state index in [0.29, 0.717) is 60.0 Å². The first-order valence-corrected chi connectivity index (χ1v) is 11.2. The summed E-state index contributed by atoms with van der Waals surface area (Å²) in [6.07, 6.45) is 2.97. The molecule has 1 aromatic carbocycles. The molecule has 2 amide bonds. The third kappa shape index (κ3) is 7.08. The molecule has 1 fully saturated rings. The Bertz CT molecular complexity index is 728. The maximum atomic E-state index is 12.8. The van der Waals surface area contributed by atoms with Gasteiger partial charge in [0.15, 0.2) is 11.5 Å². The highest BCUT2D eigenvalue weighted by Crippen LogP contribution is 2.36. The number of hydrogen-bond acceptors (Lipinski definition) is 4. The van der Waals surface area contributed by atoms with Crippen LogP contribution < -0.4 is 14.8 Å². The van der Waals surface area contributed by atoms with Crippen molar-refractivity contribution in [2.45, 2.75) is 59.4 Å². The average Bonchev–Trinajstić information content (AvgIpc) is 2.68. The van der Waals surface area contributed by atoms with Crippen LogP contribution in [0.4, 0.5) is 0 Å². The molecule has 0 unspecified atom stereocenters. The molecule has 7 heteroatoms. The molecular weight excluding hydrogens is 404 g/mol. The van der Waals surface area contributed by atoms with Gasteiger partial charge in [0, 0.05) is 31.1 Å². The molecule has 0 spiro atoms. The summed E-state index contributed by atoms with van der Waals surface area (Å²) in [6, 6.07) is 3.31. The van der Waals surface area contributed by atoms with Crippen LogP contribution in [0.3, 0.4) is 0 Å². The van der Waals surface area contributed by atoms with Gasteiger partial charge in [0.1, 0.15) is 0 Å². The lowest BCUT2D eigenvalue weighted by Crippen LogP contribution is -2.46. The molecule has 2 rings (SSSR count). The third-order valence-corrected chi connectivity index (χ3v) is 5.48. The minimum absolute atomic E-state index is 0.0346. The molecule has 1 aliphatic heterocycles. The fourth-order valence-electron chi connectivity index (χ4n) is 3.41. The van der Waals surface area contributed by atoms with Gasteiger partial charge in [0.05, 0.1) is 18.7 Å². The molecule has 0 aliphatic carbocycles. The number of nitrogens with one attached hydrogen (secondary N) is 1. The van der Waals surface area contributed by atoms with Crippen molar-refractivity contribution in [2.24, 2.45) is 11.8 Å². The largest absolute Gasteiger partial charge is 0.493 e. The molecule has 1 heterocycles. The lowest BCUT2D eigenvalue weighted by atomic mass is 10.0. The van der Waals surface area contributed by atoms with E-state index in [-0.39, 0.29) is 17.9 Å². The van der Waals surface area contributed by atoms with Crippen molar-refractivity contribution in [3.63, 3.8) is 0 Å². The molecule has 0 radical (unpaired) electrons. The van der Waals surface area contributed by atoms with Crippen LogP contribution in [0.2, 0.25) is 5.02 Å². The SMILES string of the molecule is COc1cc(C(=O)NC2CCN(C(=O)CC(C)C)CC2)cc(Cl)c1OCCC(C)C. The quantitative estimate of drug-likeness (QED) is 0.614. The Kier molecular flexibility index (Phi) is 9.28. The van der Waals surface area contributed by atoms with E-state index in [4.69, 9.17) is 21.1 Å². The van der Waals surface area contributed by atoms with Gasteiger partial charge in [-0.2, -0.15) is 0 Å². The summed E-state index contributed by atoms with van der Waals surface area (Å²) in [4.78, 5) is 26.9. The van der Waals surface area contributed by atoms with Crippen molar-refractivity contribution in [1.82, 2.24) is 10.2 Å². The number of nitrogens with zero attached hydrogens (tertiary/aromatic N) is 1. The molecule has 0 bridgehead atoms. The predicted molar refractivity (Wildman–Crippen MR) is 119 cm³/mol. The van der Waals surface area contributed by atoms with Crippen LogP contribution in [0.25, 0.3) is 0 Å². The number of methoxy groups -OCH3 is 1. The van der Waals surface area contributed by atoms with E-state index in [1.807, 2.05) is 18.7 Å². The Morgan fingerprint density at radius 2 is 1.83 bits per heavy atom. The number of ether oxygens (including phenoxy) is 2. The first-order valence-electron chi connectivity index (χ1n) is 10.8. The average molecular weight is 439 g/mol. The predicted octanol–water partition coefficient (Wildman–Crippen LogP) is 4.54. The van der Waals surface area contributed by atoms with Crippen LogP contribution in [0, 0.1) is 11.8 Å². The zero-order chi connectivity index (χ0) is 22.3. The van der Waals surface area contributed by atoms with Crippen LogP contribution >= 0.6 is 11.6 Å². The molecule has 6 nitrogen and oxygen atoms in total. The fraction of sp³-hybridized carbons (Fsp3) is 0.652. The van der Waals surface area contributed by atoms with Gasteiger partial charge in [-0.3, -0.25) is 9.59 Å². The Labute approximate surface area is 185 Å². The number of carbonyl (C=O) groups excluding carboxylic acids is 2. The number of amides is 2. The standard InChI is InChI=1S/C23H35ClN2O4/c1-15(2)8-11-30-22-19(24)13-17(14-20(22)29-5)23(28)25-18-6-9-26(10-7-18)21(27)12-16(3)4/h13-16,18H,6-12H2,1-5H3,(H,25,28). The normalized spacial score (nSPS) is 14.9. The van der Waals surface area contributed by atoms with E-state index < -0.39 is 0 Å². The maximum Gasteiger partial charge on any atom is 0.251 e. The van der Waals surface area contributed by atoms with Crippen molar-refractivity contribution < 1.29 is 19.1 Å². The van der Waals surface area contributed by atoms with E-state index in [2.05, 4.69) is 19.2 Å². The summed E-state index contributed by atoms with van der Waals surface area (Å²) in [7, 11) is 1.53. The lowest BCUT2D eigenvalue weighted by Gasteiger charge is -2.33. The van der Waals surface area contributed by atoms with Crippen LogP contribution in [0.5, 0.6) is 11.5 Å². The maximum absolute atomic E-state index is 12.8. The minimum atomic E-state index is -0.198. The van der Waals surface area contributed by atoms with E-state index in [9.17, 15) is 9.59 Å². The first kappa shape index (κ1) is 24.3. The van der Waals surface area contributed by atoms with Gasteiger partial charge in [-0.1, -0.05) is 39.3 Å². The van der Waals surface area contributed by atoms with Gasteiger partial charge in [0.25, 0.3) is 5.91 Å². The monoisotopic (exact) mass is 438 g/mol.